The third-order valence-electron chi connectivity index (χ3n) is 6.93. The third kappa shape index (κ3) is 4.63. The average Bonchev–Trinajstić information content (AvgIpc) is 3.22. The Morgan fingerprint density at radius 2 is 1.66 bits per heavy atom. The van der Waals surface area contributed by atoms with Crippen LogP contribution in [0.25, 0.3) is 33.4 Å². The molecule has 1 aliphatic heterocycles. The quantitative estimate of drug-likeness (QED) is 0.367. The van der Waals surface area contributed by atoms with Gasteiger partial charge in [-0.15, -0.1) is 0 Å². The lowest BCUT2D eigenvalue weighted by atomic mass is 9.97. The van der Waals surface area contributed by atoms with Crippen LogP contribution in [0, 0.1) is 0 Å². The number of benzene rings is 2. The van der Waals surface area contributed by atoms with Gasteiger partial charge in [0, 0.05) is 42.5 Å². The summed E-state index contributed by atoms with van der Waals surface area (Å²) in [6.07, 6.45) is 1.34. The van der Waals surface area contributed by atoms with Crippen LogP contribution in [0.3, 0.4) is 0 Å². The van der Waals surface area contributed by atoms with Crippen LogP contribution in [-0.4, -0.2) is 50.5 Å². The van der Waals surface area contributed by atoms with E-state index < -0.39 is 6.17 Å². The van der Waals surface area contributed by atoms with Gasteiger partial charge in [-0.25, -0.2) is 14.4 Å². The van der Waals surface area contributed by atoms with E-state index in [1.807, 2.05) is 48.0 Å². The van der Waals surface area contributed by atoms with Crippen molar-refractivity contribution >= 4 is 34.4 Å². The number of likely N-dealkylation sites (tertiary alicyclic amines) is 1. The van der Waals surface area contributed by atoms with Gasteiger partial charge in [0.1, 0.15) is 24.0 Å². The molecule has 2 amide bonds. The standard InChI is InChI=1S/C29H29FN6O2/c1-17(2)28(37)34-22-10-8-19(9-11-22)25-23(24-26(31)32-16-33-27(24)35(25)3)18-4-6-20(7-5-18)29(38)36-14-12-21(30)13-15-36/h4-11,16,21H,1,12-15H2,2-3H3,(H,34,37)(H2,31,32,33). The van der Waals surface area contributed by atoms with Crippen molar-refractivity contribution in [1.29, 1.82) is 0 Å². The molecule has 0 radical (unpaired) electrons. The number of aryl methyl sites for hydroxylation is 1. The number of nitrogens with zero attached hydrogens (tertiary/aromatic N) is 4. The molecule has 1 fully saturated rings. The zero-order valence-electron chi connectivity index (χ0n) is 21.4. The monoisotopic (exact) mass is 512 g/mol. The second-order valence-corrected chi connectivity index (χ2v) is 9.60. The van der Waals surface area contributed by atoms with E-state index in [1.54, 1.807) is 24.0 Å². The largest absolute Gasteiger partial charge is 0.383 e. The van der Waals surface area contributed by atoms with Crippen molar-refractivity contribution < 1.29 is 14.0 Å². The number of rotatable bonds is 5. The predicted octanol–water partition coefficient (Wildman–Crippen LogP) is 4.97. The SMILES string of the molecule is C=C(C)C(=O)Nc1ccc(-c2c(-c3ccc(C(=O)N4CCC(F)CC4)cc3)c3c(N)ncnc3n2C)cc1. The highest BCUT2D eigenvalue weighted by atomic mass is 19.1. The zero-order valence-corrected chi connectivity index (χ0v) is 21.4. The molecular formula is C29H29FN6O2. The van der Waals surface area contributed by atoms with Gasteiger partial charge in [0.05, 0.1) is 11.1 Å². The van der Waals surface area contributed by atoms with Crippen molar-refractivity contribution in [1.82, 2.24) is 19.4 Å². The molecule has 1 aliphatic rings. The van der Waals surface area contributed by atoms with Crippen LogP contribution in [0.15, 0.2) is 67.0 Å². The van der Waals surface area contributed by atoms with Crippen LogP contribution in [0.4, 0.5) is 15.9 Å². The molecule has 4 aromatic rings. The third-order valence-corrected chi connectivity index (χ3v) is 6.93. The van der Waals surface area contributed by atoms with Crippen molar-refractivity contribution in [2.24, 2.45) is 7.05 Å². The molecule has 3 heterocycles. The molecular weight excluding hydrogens is 483 g/mol. The number of anilines is 2. The van der Waals surface area contributed by atoms with Gasteiger partial charge in [-0.3, -0.25) is 9.59 Å². The number of amides is 2. The minimum absolute atomic E-state index is 0.100. The van der Waals surface area contributed by atoms with Crippen molar-refractivity contribution in [3.05, 3.63) is 72.6 Å². The Morgan fingerprint density at radius 1 is 1.03 bits per heavy atom. The molecule has 0 unspecified atom stereocenters. The number of hydrogen-bond donors (Lipinski definition) is 2. The van der Waals surface area contributed by atoms with E-state index in [-0.39, 0.29) is 11.8 Å². The molecule has 0 aliphatic carbocycles. The first-order chi connectivity index (χ1) is 18.2. The molecule has 8 nitrogen and oxygen atoms in total. The van der Waals surface area contributed by atoms with Gasteiger partial charge < -0.3 is 20.5 Å². The molecule has 0 saturated carbocycles. The summed E-state index contributed by atoms with van der Waals surface area (Å²) in [5, 5.41) is 3.53. The molecule has 0 atom stereocenters. The van der Waals surface area contributed by atoms with Crippen LogP contribution in [0.1, 0.15) is 30.1 Å². The highest BCUT2D eigenvalue weighted by Gasteiger charge is 2.25. The Morgan fingerprint density at radius 3 is 2.29 bits per heavy atom. The van der Waals surface area contributed by atoms with Gasteiger partial charge in [0.25, 0.3) is 11.8 Å². The first-order valence-corrected chi connectivity index (χ1v) is 12.4. The number of aromatic nitrogens is 3. The summed E-state index contributed by atoms with van der Waals surface area (Å²) in [7, 11) is 1.91. The normalized spacial score (nSPS) is 14.0. The van der Waals surface area contributed by atoms with Crippen molar-refractivity contribution in [2.45, 2.75) is 25.9 Å². The van der Waals surface area contributed by atoms with Gasteiger partial charge in [-0.2, -0.15) is 0 Å². The Kier molecular flexibility index (Phi) is 6.67. The Hall–Kier alpha value is -4.53. The number of hydrogen-bond acceptors (Lipinski definition) is 5. The molecule has 3 N–H and O–H groups in total. The van der Waals surface area contributed by atoms with Crippen LogP contribution in [-0.2, 0) is 11.8 Å². The molecule has 0 spiro atoms. The van der Waals surface area contributed by atoms with E-state index in [0.717, 1.165) is 22.4 Å². The smallest absolute Gasteiger partial charge is 0.253 e. The summed E-state index contributed by atoms with van der Waals surface area (Å²) < 4.78 is 15.5. The van der Waals surface area contributed by atoms with E-state index in [1.165, 1.54) is 6.33 Å². The molecule has 0 bridgehead atoms. The minimum atomic E-state index is -0.838. The zero-order chi connectivity index (χ0) is 27.0. The lowest BCUT2D eigenvalue weighted by Gasteiger charge is -2.28. The van der Waals surface area contributed by atoms with Gasteiger partial charge in [-0.1, -0.05) is 30.8 Å². The molecule has 9 heteroatoms. The Bertz CT molecular complexity index is 1530. The van der Waals surface area contributed by atoms with Crippen molar-refractivity contribution in [3.63, 3.8) is 0 Å². The summed E-state index contributed by atoms with van der Waals surface area (Å²) in [5.41, 5.74) is 12.1. The predicted molar refractivity (Wildman–Crippen MR) is 147 cm³/mol. The molecule has 194 valence electrons. The van der Waals surface area contributed by atoms with E-state index in [9.17, 15) is 14.0 Å². The number of halogens is 1. The molecule has 2 aromatic carbocycles. The number of carbonyl (C=O) groups excluding carboxylic acids is 2. The van der Waals surface area contributed by atoms with Gasteiger partial charge in [0.2, 0.25) is 0 Å². The number of carbonyl (C=O) groups is 2. The highest BCUT2D eigenvalue weighted by molar-refractivity contribution is 6.08. The fraction of sp³-hybridized carbons (Fsp3) is 0.241. The van der Waals surface area contributed by atoms with Crippen LogP contribution in [0.2, 0.25) is 0 Å². The summed E-state index contributed by atoms with van der Waals surface area (Å²) in [6.45, 7) is 6.17. The fourth-order valence-electron chi connectivity index (χ4n) is 4.86. The summed E-state index contributed by atoms with van der Waals surface area (Å²) in [4.78, 5) is 35.4. The number of fused-ring (bicyclic) bond motifs is 1. The van der Waals surface area contributed by atoms with E-state index in [2.05, 4.69) is 21.9 Å². The maximum Gasteiger partial charge on any atom is 0.253 e. The molecule has 1 saturated heterocycles. The maximum absolute atomic E-state index is 13.5. The van der Waals surface area contributed by atoms with Crippen LogP contribution in [0.5, 0.6) is 0 Å². The number of alkyl halides is 1. The second-order valence-electron chi connectivity index (χ2n) is 9.60. The highest BCUT2D eigenvalue weighted by Crippen LogP contribution is 2.41. The van der Waals surface area contributed by atoms with Crippen LogP contribution < -0.4 is 11.1 Å². The van der Waals surface area contributed by atoms with E-state index >= 15 is 0 Å². The summed E-state index contributed by atoms with van der Waals surface area (Å²) in [5.74, 6) is 0.0121. The van der Waals surface area contributed by atoms with E-state index in [4.69, 9.17) is 5.73 Å². The topological polar surface area (TPSA) is 106 Å². The van der Waals surface area contributed by atoms with Crippen molar-refractivity contribution in [2.75, 3.05) is 24.1 Å². The lowest BCUT2D eigenvalue weighted by molar-refractivity contribution is -0.112. The van der Waals surface area contributed by atoms with E-state index in [0.29, 0.717) is 59.6 Å². The van der Waals surface area contributed by atoms with Gasteiger partial charge >= 0.3 is 0 Å². The number of nitrogens with two attached hydrogens (primary N) is 1. The fourth-order valence-corrected chi connectivity index (χ4v) is 4.86. The first-order valence-electron chi connectivity index (χ1n) is 12.4. The van der Waals surface area contributed by atoms with Crippen molar-refractivity contribution in [3.8, 4) is 22.4 Å². The van der Waals surface area contributed by atoms with Gasteiger partial charge in [0.15, 0.2) is 0 Å². The second kappa shape index (κ2) is 10.1. The number of nitrogen functional groups attached to an aromatic ring is 1. The Balaban J connectivity index is 1.55. The maximum atomic E-state index is 13.5. The summed E-state index contributed by atoms with van der Waals surface area (Å²) >= 11 is 0. The molecule has 38 heavy (non-hydrogen) atoms. The number of piperidine rings is 1. The Labute approximate surface area is 220 Å². The lowest BCUT2D eigenvalue weighted by Crippen LogP contribution is -2.39. The van der Waals surface area contributed by atoms with Crippen LogP contribution >= 0.6 is 0 Å². The molecule has 2 aromatic heterocycles. The minimum Gasteiger partial charge on any atom is -0.383 e. The first kappa shape index (κ1) is 25.1. The average molecular weight is 513 g/mol. The van der Waals surface area contributed by atoms with Gasteiger partial charge in [-0.05, 0) is 55.2 Å². The number of nitrogens with one attached hydrogen (secondary N) is 1. The summed E-state index contributed by atoms with van der Waals surface area (Å²) in [6, 6.07) is 14.9. The molecule has 5 rings (SSSR count).